The van der Waals surface area contributed by atoms with E-state index in [9.17, 15) is 15.3 Å². The fourth-order valence-electron chi connectivity index (χ4n) is 5.65. The quantitative estimate of drug-likeness (QED) is 0.171. The molecule has 0 aliphatic carbocycles. The van der Waals surface area contributed by atoms with Crippen LogP contribution in [-0.2, 0) is 25.7 Å². The highest BCUT2D eigenvalue weighted by molar-refractivity contribution is 5.89. The number of aryl methyl sites for hydroxylation is 4. The molecule has 0 heterocycles. The molecule has 0 aromatic heterocycles. The van der Waals surface area contributed by atoms with E-state index in [1.54, 1.807) is 18.2 Å². The first-order valence-electron chi connectivity index (χ1n) is 18.5. The van der Waals surface area contributed by atoms with Crippen LogP contribution in [0, 0.1) is 0 Å². The smallest absolute Gasteiger partial charge is 0.123 e. The zero-order valence-electron chi connectivity index (χ0n) is 31.4. The van der Waals surface area contributed by atoms with E-state index in [2.05, 4.69) is 76.2 Å². The van der Waals surface area contributed by atoms with Gasteiger partial charge in [0.2, 0.25) is 0 Å². The van der Waals surface area contributed by atoms with Crippen LogP contribution in [0.4, 0.5) is 0 Å². The molecule has 0 amide bonds. The van der Waals surface area contributed by atoms with Crippen molar-refractivity contribution in [3.63, 3.8) is 0 Å². The highest BCUT2D eigenvalue weighted by Gasteiger charge is 1.97. The van der Waals surface area contributed by atoms with Crippen molar-refractivity contribution in [2.75, 3.05) is 0 Å². The summed E-state index contributed by atoms with van der Waals surface area (Å²) in [6, 6.07) is 57.5. The van der Waals surface area contributed by atoms with Gasteiger partial charge < -0.3 is 15.3 Å². The molecule has 0 unspecified atom stereocenters. The summed E-state index contributed by atoms with van der Waals surface area (Å²) < 4.78 is 0. The van der Waals surface area contributed by atoms with Gasteiger partial charge in [-0.25, -0.2) is 0 Å². The van der Waals surface area contributed by atoms with Gasteiger partial charge >= 0.3 is 0 Å². The Hall–Kier alpha value is -6.06. The maximum atomic E-state index is 9.37. The summed E-state index contributed by atoms with van der Waals surface area (Å²) >= 11 is 0. The molecule has 0 saturated heterocycles. The molecule has 0 aliphatic rings. The predicted octanol–water partition coefficient (Wildman–Crippen LogP) is 13.3. The van der Waals surface area contributed by atoms with E-state index in [4.69, 9.17) is 0 Å². The van der Waals surface area contributed by atoms with Crippen LogP contribution in [0.15, 0.2) is 176 Å². The van der Waals surface area contributed by atoms with Crippen LogP contribution in [0.25, 0.3) is 32.3 Å². The van der Waals surface area contributed by atoms with Gasteiger partial charge in [0, 0.05) is 16.2 Å². The van der Waals surface area contributed by atoms with Crippen molar-refractivity contribution in [1.29, 1.82) is 0 Å². The summed E-state index contributed by atoms with van der Waals surface area (Å²) in [6.45, 7) is 8.73. The summed E-state index contributed by atoms with van der Waals surface area (Å²) in [5.74, 6) is 1.05. The minimum absolute atomic E-state index is 0.350. The molecule has 53 heavy (non-hydrogen) atoms. The van der Waals surface area contributed by atoms with Gasteiger partial charge in [0.25, 0.3) is 0 Å². The van der Waals surface area contributed by atoms with E-state index in [-0.39, 0.29) is 0 Å². The molecule has 0 saturated carbocycles. The Morgan fingerprint density at radius 1 is 0.264 bits per heavy atom. The lowest BCUT2D eigenvalue weighted by atomic mass is 10.1. The molecule has 3 nitrogen and oxygen atoms in total. The number of phenolic OH excluding ortho intramolecular Hbond substituents is 3. The summed E-state index contributed by atoms with van der Waals surface area (Å²) in [4.78, 5) is 0. The van der Waals surface area contributed by atoms with Gasteiger partial charge in [-0.1, -0.05) is 185 Å². The second-order valence-electron chi connectivity index (χ2n) is 12.5. The van der Waals surface area contributed by atoms with Crippen LogP contribution < -0.4 is 0 Å². The zero-order valence-corrected chi connectivity index (χ0v) is 31.4. The summed E-state index contributed by atoms with van der Waals surface area (Å²) in [5.41, 5.74) is 5.71. The van der Waals surface area contributed by atoms with Crippen LogP contribution in [0.3, 0.4) is 0 Å². The number of aromatic hydroxyl groups is 3. The Morgan fingerprint density at radius 2 is 0.472 bits per heavy atom. The van der Waals surface area contributed by atoms with E-state index in [0.717, 1.165) is 58.0 Å². The standard InChI is InChI=1S/3C10H8O.2C10H14/c3*11-10-7-3-5-8-4-1-2-6-9(8)10;2*1-3-9-5-7-10(4-2)8-6-9/h3*1-7,11H;2*5-8H,3-4H2,1-2H3. The third-order valence-electron chi connectivity index (χ3n) is 8.98. The third kappa shape index (κ3) is 12.3. The average Bonchev–Trinajstić information content (AvgIpc) is 3.22. The molecular weight excluding hydrogens is 649 g/mol. The van der Waals surface area contributed by atoms with Gasteiger partial charge in [-0.15, -0.1) is 0 Å². The molecule has 0 aliphatic heterocycles. The highest BCUT2D eigenvalue weighted by atomic mass is 16.3. The monoisotopic (exact) mass is 700 g/mol. The van der Waals surface area contributed by atoms with E-state index < -0.39 is 0 Å². The second kappa shape index (κ2) is 21.3. The van der Waals surface area contributed by atoms with E-state index in [1.807, 2.05) is 109 Å². The lowest BCUT2D eigenvalue weighted by molar-refractivity contribution is 0.481. The SMILES string of the molecule is CCc1ccc(CC)cc1.CCc1ccc(CC)cc1.Oc1cccc2ccccc12.Oc1cccc2ccccc12.Oc1cccc2ccccc12. The van der Waals surface area contributed by atoms with Crippen LogP contribution in [0.5, 0.6) is 17.2 Å². The normalized spacial score (nSPS) is 10.0. The molecular formula is C50H52O3. The molecule has 270 valence electrons. The number of fused-ring (bicyclic) bond motifs is 3. The topological polar surface area (TPSA) is 60.7 Å². The Balaban J connectivity index is 0.000000148. The van der Waals surface area contributed by atoms with Gasteiger partial charge in [-0.05, 0) is 82.3 Å². The van der Waals surface area contributed by atoms with Crippen LogP contribution in [0.1, 0.15) is 49.9 Å². The Morgan fingerprint density at radius 3 is 0.679 bits per heavy atom. The van der Waals surface area contributed by atoms with Crippen LogP contribution in [0.2, 0.25) is 0 Å². The molecule has 8 aromatic rings. The molecule has 0 fully saturated rings. The molecule has 0 spiro atoms. The van der Waals surface area contributed by atoms with Gasteiger partial charge in [-0.2, -0.15) is 0 Å². The Labute approximate surface area is 315 Å². The van der Waals surface area contributed by atoms with E-state index >= 15 is 0 Å². The van der Waals surface area contributed by atoms with Gasteiger partial charge in [0.15, 0.2) is 0 Å². The van der Waals surface area contributed by atoms with Gasteiger partial charge in [0.1, 0.15) is 17.2 Å². The molecule has 3 heteroatoms. The Bertz CT molecular complexity index is 1960. The van der Waals surface area contributed by atoms with Crippen molar-refractivity contribution in [3.8, 4) is 17.2 Å². The van der Waals surface area contributed by atoms with Crippen molar-refractivity contribution < 1.29 is 15.3 Å². The fourth-order valence-corrected chi connectivity index (χ4v) is 5.65. The lowest BCUT2D eigenvalue weighted by Crippen LogP contribution is -1.81. The number of rotatable bonds is 4. The van der Waals surface area contributed by atoms with Crippen molar-refractivity contribution in [2.24, 2.45) is 0 Å². The number of hydrogen-bond donors (Lipinski definition) is 3. The van der Waals surface area contributed by atoms with Crippen molar-refractivity contribution >= 4 is 32.3 Å². The zero-order chi connectivity index (χ0) is 37.8. The molecule has 0 bridgehead atoms. The van der Waals surface area contributed by atoms with E-state index in [0.29, 0.717) is 17.2 Å². The van der Waals surface area contributed by atoms with Crippen molar-refractivity contribution in [1.82, 2.24) is 0 Å². The maximum absolute atomic E-state index is 9.37. The number of hydrogen-bond acceptors (Lipinski definition) is 3. The molecule has 8 aromatic carbocycles. The van der Waals surface area contributed by atoms with Gasteiger partial charge in [0.05, 0.1) is 0 Å². The first-order chi connectivity index (χ1) is 25.9. The highest BCUT2D eigenvalue weighted by Crippen LogP contribution is 2.25. The predicted molar refractivity (Wildman–Crippen MR) is 227 cm³/mol. The first-order valence-corrected chi connectivity index (χ1v) is 18.5. The Kier molecular flexibility index (Phi) is 16.0. The minimum Gasteiger partial charge on any atom is -0.507 e. The van der Waals surface area contributed by atoms with Crippen LogP contribution in [-0.4, -0.2) is 15.3 Å². The summed E-state index contributed by atoms with van der Waals surface area (Å²) in [6.07, 6.45) is 4.57. The third-order valence-corrected chi connectivity index (χ3v) is 8.98. The average molecular weight is 701 g/mol. The molecule has 3 N–H and O–H groups in total. The first kappa shape index (κ1) is 39.7. The summed E-state index contributed by atoms with van der Waals surface area (Å²) in [7, 11) is 0. The lowest BCUT2D eigenvalue weighted by Gasteiger charge is -1.97. The fraction of sp³-hybridized carbons (Fsp3) is 0.160. The minimum atomic E-state index is 0.350. The number of benzene rings is 8. The largest absolute Gasteiger partial charge is 0.507 e. The number of phenols is 3. The molecule has 0 radical (unpaired) electrons. The maximum Gasteiger partial charge on any atom is 0.123 e. The molecule has 8 rings (SSSR count). The second-order valence-corrected chi connectivity index (χ2v) is 12.5. The van der Waals surface area contributed by atoms with Crippen LogP contribution >= 0.6 is 0 Å². The van der Waals surface area contributed by atoms with Crippen molar-refractivity contribution in [2.45, 2.75) is 53.4 Å². The van der Waals surface area contributed by atoms with Gasteiger partial charge in [-0.3, -0.25) is 0 Å². The van der Waals surface area contributed by atoms with E-state index in [1.165, 1.54) is 22.3 Å². The summed E-state index contributed by atoms with van der Waals surface area (Å²) in [5, 5.41) is 34.1. The molecule has 0 atom stereocenters. The van der Waals surface area contributed by atoms with Crippen molar-refractivity contribution in [3.05, 3.63) is 198 Å².